The van der Waals surface area contributed by atoms with Gasteiger partial charge in [-0.25, -0.2) is 0 Å². The van der Waals surface area contributed by atoms with Gasteiger partial charge in [0.1, 0.15) is 0 Å². The summed E-state index contributed by atoms with van der Waals surface area (Å²) in [6.07, 6.45) is 3.33. The van der Waals surface area contributed by atoms with Gasteiger partial charge in [-0.2, -0.15) is 0 Å². The zero-order chi connectivity index (χ0) is 12.5. The molecule has 1 N–H and O–H groups in total. The highest BCUT2D eigenvalue weighted by atomic mass is 16.5. The first kappa shape index (κ1) is 14.3. The Hall–Kier alpha value is -0.800. The van der Waals surface area contributed by atoms with E-state index in [9.17, 15) is 0 Å². The van der Waals surface area contributed by atoms with Crippen LogP contribution in [0.3, 0.4) is 0 Å². The van der Waals surface area contributed by atoms with Crippen LogP contribution in [-0.2, 0) is 17.8 Å². The second-order valence-electron chi connectivity index (χ2n) is 4.84. The topological polar surface area (TPSA) is 26.2 Å². The van der Waals surface area contributed by atoms with Crippen LogP contribution in [0.1, 0.15) is 32.9 Å². The maximum absolute atomic E-state index is 5.52. The van der Waals surface area contributed by atoms with Gasteiger partial charge in [-0.15, -0.1) is 0 Å². The van der Waals surface area contributed by atoms with Crippen molar-refractivity contribution in [1.29, 1.82) is 0 Å². The maximum Gasteiger partial charge on any atom is 0.0591 e. The van der Waals surface area contributed by atoms with Crippen molar-refractivity contribution in [1.82, 2.24) is 9.88 Å². The summed E-state index contributed by atoms with van der Waals surface area (Å²) in [5.74, 6) is 0.622. The van der Waals surface area contributed by atoms with Gasteiger partial charge in [0.25, 0.3) is 0 Å². The smallest absolute Gasteiger partial charge is 0.0591 e. The lowest BCUT2D eigenvalue weighted by Crippen LogP contribution is -2.21. The quantitative estimate of drug-likeness (QED) is 0.669. The third-order valence-corrected chi connectivity index (χ3v) is 2.57. The Bertz CT molecular complexity index is 294. The number of hydrogen-bond donors (Lipinski definition) is 1. The molecule has 0 spiro atoms. The molecule has 1 heterocycles. The number of hydrogen-bond acceptors (Lipinski definition) is 2. The minimum atomic E-state index is 0.622. The van der Waals surface area contributed by atoms with E-state index >= 15 is 0 Å². The van der Waals surface area contributed by atoms with E-state index in [-0.39, 0.29) is 0 Å². The van der Waals surface area contributed by atoms with Crippen LogP contribution in [0, 0.1) is 5.92 Å². The van der Waals surface area contributed by atoms with Crippen molar-refractivity contribution in [3.05, 3.63) is 24.0 Å². The Kier molecular flexibility index (Phi) is 6.97. The Labute approximate surface area is 105 Å². The van der Waals surface area contributed by atoms with Crippen molar-refractivity contribution in [2.45, 2.75) is 40.3 Å². The number of aromatic nitrogens is 1. The van der Waals surface area contributed by atoms with Gasteiger partial charge in [-0.3, -0.25) is 0 Å². The molecule has 0 aliphatic rings. The van der Waals surface area contributed by atoms with Crippen molar-refractivity contribution >= 4 is 0 Å². The first-order chi connectivity index (χ1) is 8.24. The van der Waals surface area contributed by atoms with Crippen LogP contribution < -0.4 is 5.32 Å². The molecular weight excluding hydrogens is 212 g/mol. The van der Waals surface area contributed by atoms with E-state index in [4.69, 9.17) is 4.74 Å². The second kappa shape index (κ2) is 8.31. The summed E-state index contributed by atoms with van der Waals surface area (Å²) in [5.41, 5.74) is 1.36. The van der Waals surface area contributed by atoms with Gasteiger partial charge in [0.2, 0.25) is 0 Å². The highest BCUT2D eigenvalue weighted by Crippen LogP contribution is 2.02. The number of nitrogens with zero attached hydrogens (tertiary/aromatic N) is 1. The van der Waals surface area contributed by atoms with Crippen molar-refractivity contribution in [2.24, 2.45) is 5.92 Å². The van der Waals surface area contributed by atoms with Gasteiger partial charge in [0, 0.05) is 38.1 Å². The van der Waals surface area contributed by atoms with Crippen LogP contribution in [0.25, 0.3) is 0 Å². The molecule has 98 valence electrons. The van der Waals surface area contributed by atoms with E-state index in [2.05, 4.69) is 49.0 Å². The Morgan fingerprint density at radius 2 is 2.24 bits per heavy atom. The highest BCUT2D eigenvalue weighted by Gasteiger charge is 1.99. The minimum absolute atomic E-state index is 0.622. The molecule has 1 rings (SSSR count). The fourth-order valence-electron chi connectivity index (χ4n) is 1.75. The van der Waals surface area contributed by atoms with E-state index in [1.165, 1.54) is 12.1 Å². The molecule has 0 aromatic carbocycles. The van der Waals surface area contributed by atoms with Gasteiger partial charge in [-0.1, -0.05) is 20.8 Å². The van der Waals surface area contributed by atoms with Gasteiger partial charge >= 0.3 is 0 Å². The predicted octanol–water partition coefficient (Wildman–Crippen LogP) is 2.66. The molecular formula is C14H26N2O. The first-order valence-electron chi connectivity index (χ1n) is 6.66. The highest BCUT2D eigenvalue weighted by molar-refractivity contribution is 5.06. The standard InChI is InChI=1S/C14H26N2O/c1-4-8-16-9-5-6-14(16)11-15-7-10-17-12-13(2)3/h5-6,9,13,15H,4,7-8,10-12H2,1-3H3. The second-order valence-corrected chi connectivity index (χ2v) is 4.84. The zero-order valence-electron chi connectivity index (χ0n) is 11.4. The molecule has 0 atom stereocenters. The number of nitrogens with one attached hydrogen (secondary N) is 1. The average molecular weight is 238 g/mol. The van der Waals surface area contributed by atoms with E-state index in [0.717, 1.165) is 32.8 Å². The fourth-order valence-corrected chi connectivity index (χ4v) is 1.75. The van der Waals surface area contributed by atoms with Crippen LogP contribution in [-0.4, -0.2) is 24.3 Å². The lowest BCUT2D eigenvalue weighted by molar-refractivity contribution is 0.111. The lowest BCUT2D eigenvalue weighted by atomic mass is 10.2. The minimum Gasteiger partial charge on any atom is -0.380 e. The Morgan fingerprint density at radius 3 is 2.94 bits per heavy atom. The molecule has 0 fully saturated rings. The van der Waals surface area contributed by atoms with Crippen LogP contribution in [0.15, 0.2) is 18.3 Å². The largest absolute Gasteiger partial charge is 0.380 e. The summed E-state index contributed by atoms with van der Waals surface area (Å²) in [7, 11) is 0. The van der Waals surface area contributed by atoms with Crippen LogP contribution in [0.2, 0.25) is 0 Å². The van der Waals surface area contributed by atoms with Gasteiger partial charge in [0.05, 0.1) is 6.61 Å². The van der Waals surface area contributed by atoms with Crippen LogP contribution in [0.5, 0.6) is 0 Å². The fraction of sp³-hybridized carbons (Fsp3) is 0.714. The molecule has 1 aromatic rings. The molecule has 0 aliphatic carbocycles. The van der Waals surface area contributed by atoms with Gasteiger partial charge in [0.15, 0.2) is 0 Å². The molecule has 1 aromatic heterocycles. The Morgan fingerprint density at radius 1 is 1.41 bits per heavy atom. The summed E-state index contributed by atoms with van der Waals surface area (Å²) >= 11 is 0. The van der Waals surface area contributed by atoms with Crippen LogP contribution >= 0.6 is 0 Å². The number of aryl methyl sites for hydroxylation is 1. The third-order valence-electron chi connectivity index (χ3n) is 2.57. The third kappa shape index (κ3) is 5.89. The summed E-state index contributed by atoms with van der Waals surface area (Å²) in [6.45, 7) is 11.2. The van der Waals surface area contributed by atoms with Crippen molar-refractivity contribution in [2.75, 3.05) is 19.8 Å². The Balaban J connectivity index is 2.11. The van der Waals surface area contributed by atoms with E-state index < -0.39 is 0 Å². The van der Waals surface area contributed by atoms with Crippen LogP contribution in [0.4, 0.5) is 0 Å². The molecule has 0 unspecified atom stereocenters. The molecule has 3 nitrogen and oxygen atoms in total. The molecule has 17 heavy (non-hydrogen) atoms. The molecule has 0 bridgehead atoms. The van der Waals surface area contributed by atoms with Crippen molar-refractivity contribution in [3.63, 3.8) is 0 Å². The predicted molar refractivity (Wildman–Crippen MR) is 72.1 cm³/mol. The van der Waals surface area contributed by atoms with Crippen molar-refractivity contribution in [3.8, 4) is 0 Å². The van der Waals surface area contributed by atoms with E-state index in [1.807, 2.05) is 0 Å². The molecule has 0 saturated heterocycles. The number of ether oxygens (including phenoxy) is 1. The van der Waals surface area contributed by atoms with E-state index in [1.54, 1.807) is 0 Å². The van der Waals surface area contributed by atoms with E-state index in [0.29, 0.717) is 5.92 Å². The zero-order valence-corrected chi connectivity index (χ0v) is 11.4. The number of rotatable bonds is 9. The summed E-state index contributed by atoms with van der Waals surface area (Å²) < 4.78 is 7.83. The summed E-state index contributed by atoms with van der Waals surface area (Å²) in [5, 5.41) is 3.41. The normalized spacial score (nSPS) is 11.3. The molecule has 0 radical (unpaired) electrons. The van der Waals surface area contributed by atoms with Crippen molar-refractivity contribution < 1.29 is 4.74 Å². The van der Waals surface area contributed by atoms with Gasteiger partial charge < -0.3 is 14.6 Å². The monoisotopic (exact) mass is 238 g/mol. The summed E-state index contributed by atoms with van der Waals surface area (Å²) in [6, 6.07) is 4.29. The molecule has 0 aliphatic heterocycles. The SMILES string of the molecule is CCCn1cccc1CNCCOCC(C)C. The van der Waals surface area contributed by atoms with Gasteiger partial charge in [-0.05, 0) is 24.5 Å². The molecule has 0 saturated carbocycles. The maximum atomic E-state index is 5.52. The molecule has 3 heteroatoms. The first-order valence-corrected chi connectivity index (χ1v) is 6.66. The molecule has 0 amide bonds. The lowest BCUT2D eigenvalue weighted by Gasteiger charge is -2.10. The summed E-state index contributed by atoms with van der Waals surface area (Å²) in [4.78, 5) is 0. The average Bonchev–Trinajstić information content (AvgIpc) is 2.71.